The van der Waals surface area contributed by atoms with Crippen molar-refractivity contribution in [3.63, 3.8) is 0 Å². The Bertz CT molecular complexity index is 447. The van der Waals surface area contributed by atoms with Gasteiger partial charge in [0.05, 0.1) is 0 Å². The molecule has 0 bridgehead atoms. The summed E-state index contributed by atoms with van der Waals surface area (Å²) in [5.74, 6) is 0.266. The molecule has 20 heavy (non-hydrogen) atoms. The Morgan fingerprint density at radius 3 is 2.40 bits per heavy atom. The molecule has 0 aliphatic carbocycles. The van der Waals surface area contributed by atoms with E-state index < -0.39 is 0 Å². The fourth-order valence-electron chi connectivity index (χ4n) is 2.64. The van der Waals surface area contributed by atoms with Crippen molar-refractivity contribution in [1.82, 2.24) is 10.2 Å². The fraction of sp³-hybridized carbons (Fsp3) is 0.562. The average molecular weight is 275 g/mol. The summed E-state index contributed by atoms with van der Waals surface area (Å²) in [6, 6.07) is 6.51. The minimum atomic E-state index is 0.266. The van der Waals surface area contributed by atoms with E-state index in [1.807, 2.05) is 4.90 Å². The molecule has 110 valence electrons. The number of hydrogen-bond donors (Lipinski definition) is 1. The van der Waals surface area contributed by atoms with Crippen molar-refractivity contribution in [3.05, 3.63) is 29.3 Å². The smallest absolute Gasteiger partial charge is 0.224 e. The molecule has 0 saturated carbocycles. The summed E-state index contributed by atoms with van der Waals surface area (Å²) < 4.78 is 0. The number of amides is 1. The van der Waals surface area contributed by atoms with Crippen molar-refractivity contribution in [3.8, 4) is 0 Å². The zero-order valence-corrected chi connectivity index (χ0v) is 12.8. The molecule has 0 radical (unpaired) electrons. The third-order valence-electron chi connectivity index (χ3n) is 3.78. The van der Waals surface area contributed by atoms with Crippen molar-refractivity contribution in [2.75, 3.05) is 44.7 Å². The third-order valence-corrected chi connectivity index (χ3v) is 3.78. The van der Waals surface area contributed by atoms with Crippen LogP contribution in [0.25, 0.3) is 0 Å². The van der Waals surface area contributed by atoms with Crippen molar-refractivity contribution >= 4 is 11.6 Å². The van der Waals surface area contributed by atoms with Gasteiger partial charge in [0.15, 0.2) is 0 Å². The van der Waals surface area contributed by atoms with Gasteiger partial charge < -0.3 is 15.1 Å². The van der Waals surface area contributed by atoms with E-state index in [9.17, 15) is 4.79 Å². The lowest BCUT2D eigenvalue weighted by molar-refractivity contribution is -0.131. The Kier molecular flexibility index (Phi) is 5.01. The van der Waals surface area contributed by atoms with Crippen LogP contribution in [0.4, 0.5) is 5.69 Å². The van der Waals surface area contributed by atoms with Crippen molar-refractivity contribution in [2.45, 2.75) is 20.3 Å². The molecule has 2 rings (SSSR count). The highest BCUT2D eigenvalue weighted by atomic mass is 16.2. The highest BCUT2D eigenvalue weighted by Gasteiger charge is 2.16. The Hall–Kier alpha value is -1.55. The molecular weight excluding hydrogens is 250 g/mol. The number of anilines is 1. The van der Waals surface area contributed by atoms with E-state index in [1.165, 1.54) is 16.8 Å². The first-order valence-electron chi connectivity index (χ1n) is 7.34. The van der Waals surface area contributed by atoms with E-state index in [0.717, 1.165) is 32.7 Å². The molecule has 1 aliphatic heterocycles. The monoisotopic (exact) mass is 275 g/mol. The van der Waals surface area contributed by atoms with Gasteiger partial charge in [0.1, 0.15) is 0 Å². The second-order valence-corrected chi connectivity index (χ2v) is 5.65. The number of carbonyl (C=O) groups excluding carboxylic acids is 1. The Labute approximate surface area is 121 Å². The number of aryl methyl sites for hydroxylation is 2. The highest BCUT2D eigenvalue weighted by molar-refractivity contribution is 5.77. The second-order valence-electron chi connectivity index (χ2n) is 5.65. The van der Waals surface area contributed by atoms with Crippen molar-refractivity contribution in [1.29, 1.82) is 0 Å². The lowest BCUT2D eigenvalue weighted by atomic mass is 10.1. The number of piperazine rings is 1. The molecular formula is C16H25N3O. The second kappa shape index (κ2) is 6.75. The number of nitrogens with one attached hydrogen (secondary N) is 1. The zero-order valence-electron chi connectivity index (χ0n) is 12.8. The predicted molar refractivity (Wildman–Crippen MR) is 83.3 cm³/mol. The predicted octanol–water partition coefficient (Wildman–Crippen LogP) is 1.56. The standard InChI is InChI=1S/C16H25N3O/c1-13-10-14(2)12-15(11-13)18(3)7-4-16(20)19-8-5-17-6-9-19/h10-12,17H,4-9H2,1-3H3. The Morgan fingerprint density at radius 1 is 1.20 bits per heavy atom. The molecule has 1 aliphatic rings. The number of rotatable bonds is 4. The number of hydrogen-bond acceptors (Lipinski definition) is 3. The summed E-state index contributed by atoms with van der Waals surface area (Å²) in [4.78, 5) is 16.3. The van der Waals surface area contributed by atoms with Gasteiger partial charge in [-0.2, -0.15) is 0 Å². The Balaban J connectivity index is 1.87. The average Bonchev–Trinajstić information content (AvgIpc) is 2.44. The molecule has 1 fully saturated rings. The van der Waals surface area contributed by atoms with E-state index >= 15 is 0 Å². The van der Waals surface area contributed by atoms with E-state index in [4.69, 9.17) is 0 Å². The van der Waals surface area contributed by atoms with E-state index in [-0.39, 0.29) is 5.91 Å². The van der Waals surface area contributed by atoms with Crippen LogP contribution < -0.4 is 10.2 Å². The van der Waals surface area contributed by atoms with Gasteiger partial charge >= 0.3 is 0 Å². The van der Waals surface area contributed by atoms with Crippen LogP contribution in [-0.2, 0) is 4.79 Å². The molecule has 4 nitrogen and oxygen atoms in total. The molecule has 4 heteroatoms. The van der Waals surface area contributed by atoms with Crippen LogP contribution in [0, 0.1) is 13.8 Å². The highest BCUT2D eigenvalue weighted by Crippen LogP contribution is 2.17. The van der Waals surface area contributed by atoms with Gasteiger partial charge in [0.25, 0.3) is 0 Å². The molecule has 1 saturated heterocycles. The van der Waals surface area contributed by atoms with E-state index in [0.29, 0.717) is 6.42 Å². The first-order valence-corrected chi connectivity index (χ1v) is 7.34. The largest absolute Gasteiger partial charge is 0.374 e. The van der Waals surface area contributed by atoms with Gasteiger partial charge in [0, 0.05) is 51.9 Å². The molecule has 1 aromatic rings. The van der Waals surface area contributed by atoms with Gasteiger partial charge in [-0.25, -0.2) is 0 Å². The molecule has 0 aromatic heterocycles. The van der Waals surface area contributed by atoms with Crippen LogP contribution in [0.15, 0.2) is 18.2 Å². The van der Waals surface area contributed by atoms with Crippen LogP contribution in [-0.4, -0.2) is 50.6 Å². The maximum absolute atomic E-state index is 12.1. The van der Waals surface area contributed by atoms with Gasteiger partial charge in [-0.05, 0) is 37.1 Å². The van der Waals surface area contributed by atoms with Crippen molar-refractivity contribution in [2.24, 2.45) is 0 Å². The van der Waals surface area contributed by atoms with Crippen molar-refractivity contribution < 1.29 is 4.79 Å². The van der Waals surface area contributed by atoms with E-state index in [1.54, 1.807) is 0 Å². The van der Waals surface area contributed by atoms with Crippen LogP contribution in [0.5, 0.6) is 0 Å². The summed E-state index contributed by atoms with van der Waals surface area (Å²) in [6.07, 6.45) is 0.587. The first kappa shape index (κ1) is 14.9. The van der Waals surface area contributed by atoms with Gasteiger partial charge in [-0.3, -0.25) is 4.79 Å². The molecule has 0 atom stereocenters. The van der Waals surface area contributed by atoms with Crippen LogP contribution in [0.2, 0.25) is 0 Å². The third kappa shape index (κ3) is 3.97. The van der Waals surface area contributed by atoms with Crippen LogP contribution >= 0.6 is 0 Å². The molecule has 1 heterocycles. The molecule has 1 N–H and O–H groups in total. The maximum atomic E-state index is 12.1. The summed E-state index contributed by atoms with van der Waals surface area (Å²) in [7, 11) is 2.05. The molecule has 0 unspecified atom stereocenters. The van der Waals surface area contributed by atoms with Crippen LogP contribution in [0.1, 0.15) is 17.5 Å². The van der Waals surface area contributed by atoms with Gasteiger partial charge in [-0.1, -0.05) is 6.07 Å². The number of carbonyl (C=O) groups is 1. The SMILES string of the molecule is Cc1cc(C)cc(N(C)CCC(=O)N2CCNCC2)c1. The molecule has 1 aromatic carbocycles. The van der Waals surface area contributed by atoms with Gasteiger partial charge in [0.2, 0.25) is 5.91 Å². The molecule has 0 spiro atoms. The normalized spacial score (nSPS) is 15.2. The summed E-state index contributed by atoms with van der Waals surface area (Å²) in [5, 5.41) is 3.27. The lowest BCUT2D eigenvalue weighted by Crippen LogP contribution is -2.47. The summed E-state index contributed by atoms with van der Waals surface area (Å²) >= 11 is 0. The maximum Gasteiger partial charge on any atom is 0.224 e. The first-order chi connectivity index (χ1) is 9.56. The van der Waals surface area contributed by atoms with E-state index in [2.05, 4.69) is 49.3 Å². The zero-order chi connectivity index (χ0) is 14.5. The minimum absolute atomic E-state index is 0.266. The molecule has 1 amide bonds. The van der Waals surface area contributed by atoms with Crippen LogP contribution in [0.3, 0.4) is 0 Å². The topological polar surface area (TPSA) is 35.6 Å². The summed E-state index contributed by atoms with van der Waals surface area (Å²) in [6.45, 7) is 8.49. The summed E-state index contributed by atoms with van der Waals surface area (Å²) in [5.41, 5.74) is 3.72. The quantitative estimate of drug-likeness (QED) is 0.906. The number of nitrogens with zero attached hydrogens (tertiary/aromatic N) is 2. The lowest BCUT2D eigenvalue weighted by Gasteiger charge is -2.28. The Morgan fingerprint density at radius 2 is 1.80 bits per heavy atom. The minimum Gasteiger partial charge on any atom is -0.374 e. The fourth-order valence-corrected chi connectivity index (χ4v) is 2.64. The number of benzene rings is 1. The van der Waals surface area contributed by atoms with Gasteiger partial charge in [-0.15, -0.1) is 0 Å².